The number of hydrogen-bond acceptors (Lipinski definition) is 4. The zero-order valence-corrected chi connectivity index (χ0v) is 10.3. The number of esters is 1. The van der Waals surface area contributed by atoms with Crippen LogP contribution in [0.4, 0.5) is 0 Å². The summed E-state index contributed by atoms with van der Waals surface area (Å²) in [6.07, 6.45) is 0.442. The molecule has 98 valence electrons. The summed E-state index contributed by atoms with van der Waals surface area (Å²) in [4.78, 5) is 22.2. The van der Waals surface area contributed by atoms with Crippen molar-refractivity contribution in [2.24, 2.45) is 0 Å². The van der Waals surface area contributed by atoms with Crippen molar-refractivity contribution in [1.29, 1.82) is 0 Å². The van der Waals surface area contributed by atoms with E-state index in [4.69, 9.17) is 4.74 Å². The molecule has 5 nitrogen and oxygen atoms in total. The lowest BCUT2D eigenvalue weighted by Gasteiger charge is -2.06. The Morgan fingerprint density at radius 2 is 1.89 bits per heavy atom. The van der Waals surface area contributed by atoms with E-state index < -0.39 is 0 Å². The zero-order chi connectivity index (χ0) is 13.2. The van der Waals surface area contributed by atoms with Gasteiger partial charge in [-0.2, -0.15) is 0 Å². The highest BCUT2D eigenvalue weighted by atomic mass is 16.5. The van der Waals surface area contributed by atoms with Gasteiger partial charge in [-0.1, -0.05) is 18.2 Å². The molecule has 0 atom stereocenters. The average Bonchev–Trinajstić information content (AvgIpc) is 2.39. The van der Waals surface area contributed by atoms with Crippen LogP contribution in [0.1, 0.15) is 12.8 Å². The van der Waals surface area contributed by atoms with Gasteiger partial charge in [-0.15, -0.1) is 0 Å². The number of nitrogens with one attached hydrogen (secondary N) is 1. The molecule has 0 aliphatic carbocycles. The Kier molecular flexibility index (Phi) is 6.32. The fourth-order valence-electron chi connectivity index (χ4n) is 1.27. The number of carbonyl (C=O) groups is 2. The number of amides is 1. The number of ether oxygens (including phenoxy) is 2. The molecule has 1 aromatic carbocycles. The molecule has 0 saturated carbocycles. The molecule has 0 aliphatic heterocycles. The maximum Gasteiger partial charge on any atom is 0.307 e. The van der Waals surface area contributed by atoms with Crippen molar-refractivity contribution >= 4 is 11.9 Å². The Morgan fingerprint density at radius 3 is 2.56 bits per heavy atom. The van der Waals surface area contributed by atoms with Gasteiger partial charge in [0.2, 0.25) is 5.91 Å². The Balaban J connectivity index is 2.09. The minimum absolute atomic E-state index is 0.144. The summed E-state index contributed by atoms with van der Waals surface area (Å²) >= 11 is 0. The number of benzene rings is 1. The topological polar surface area (TPSA) is 64.6 Å². The van der Waals surface area contributed by atoms with Crippen molar-refractivity contribution in [2.45, 2.75) is 12.8 Å². The summed E-state index contributed by atoms with van der Waals surface area (Å²) in [5, 5.41) is 2.61. The standard InChI is InChI=1S/C13H17NO4/c1-17-13(16)7-9-14-12(15)8-10-18-11-5-3-2-4-6-11/h2-6H,7-10H2,1H3,(H,14,15). The molecule has 1 N–H and O–H groups in total. The quantitative estimate of drug-likeness (QED) is 0.738. The van der Waals surface area contributed by atoms with Crippen LogP contribution in [0, 0.1) is 0 Å². The van der Waals surface area contributed by atoms with E-state index in [1.54, 1.807) is 0 Å². The predicted molar refractivity (Wildman–Crippen MR) is 66.2 cm³/mol. The number of methoxy groups -OCH3 is 1. The first kappa shape index (κ1) is 14.0. The molecule has 18 heavy (non-hydrogen) atoms. The van der Waals surface area contributed by atoms with E-state index in [-0.39, 0.29) is 31.3 Å². The smallest absolute Gasteiger partial charge is 0.307 e. The molecule has 0 unspecified atom stereocenters. The van der Waals surface area contributed by atoms with Gasteiger partial charge in [0.15, 0.2) is 0 Å². The van der Waals surface area contributed by atoms with Crippen molar-refractivity contribution in [3.05, 3.63) is 30.3 Å². The van der Waals surface area contributed by atoms with Gasteiger partial charge in [0, 0.05) is 6.54 Å². The molecule has 0 fully saturated rings. The minimum Gasteiger partial charge on any atom is -0.493 e. The van der Waals surface area contributed by atoms with Crippen LogP contribution in [0.3, 0.4) is 0 Å². The molecule has 5 heteroatoms. The van der Waals surface area contributed by atoms with Crippen LogP contribution in [0.2, 0.25) is 0 Å². The maximum absolute atomic E-state index is 11.4. The summed E-state index contributed by atoms with van der Waals surface area (Å²) in [7, 11) is 1.32. The second-order valence-corrected chi connectivity index (χ2v) is 3.59. The number of hydrogen-bond donors (Lipinski definition) is 1. The molecular weight excluding hydrogens is 234 g/mol. The minimum atomic E-state index is -0.337. The van der Waals surface area contributed by atoms with E-state index in [1.807, 2.05) is 30.3 Å². The number of para-hydroxylation sites is 1. The molecule has 0 aliphatic rings. The SMILES string of the molecule is COC(=O)CCNC(=O)CCOc1ccccc1. The lowest BCUT2D eigenvalue weighted by Crippen LogP contribution is -2.27. The van der Waals surface area contributed by atoms with E-state index in [2.05, 4.69) is 10.1 Å². The van der Waals surface area contributed by atoms with Crippen molar-refractivity contribution in [3.63, 3.8) is 0 Å². The van der Waals surface area contributed by atoms with Gasteiger partial charge < -0.3 is 14.8 Å². The van der Waals surface area contributed by atoms with Crippen LogP contribution >= 0.6 is 0 Å². The van der Waals surface area contributed by atoms with Gasteiger partial charge in [-0.3, -0.25) is 9.59 Å². The first-order valence-electron chi connectivity index (χ1n) is 5.73. The fraction of sp³-hybridized carbons (Fsp3) is 0.385. The molecule has 0 radical (unpaired) electrons. The Hall–Kier alpha value is -2.04. The molecule has 0 spiro atoms. The van der Waals surface area contributed by atoms with Gasteiger partial charge in [0.05, 0.1) is 26.6 Å². The van der Waals surface area contributed by atoms with E-state index in [0.29, 0.717) is 6.61 Å². The highest BCUT2D eigenvalue weighted by Gasteiger charge is 2.04. The van der Waals surface area contributed by atoms with Gasteiger partial charge in [-0.25, -0.2) is 0 Å². The van der Waals surface area contributed by atoms with Gasteiger partial charge in [-0.05, 0) is 12.1 Å². The molecule has 0 bridgehead atoms. The molecule has 1 amide bonds. The molecule has 1 rings (SSSR count). The highest BCUT2D eigenvalue weighted by molar-refractivity contribution is 5.77. The lowest BCUT2D eigenvalue weighted by atomic mass is 10.3. The Labute approximate surface area is 106 Å². The van der Waals surface area contributed by atoms with Crippen LogP contribution in [-0.4, -0.2) is 32.1 Å². The Bertz CT molecular complexity index is 378. The van der Waals surface area contributed by atoms with Crippen LogP contribution < -0.4 is 10.1 Å². The first-order chi connectivity index (χ1) is 8.72. The lowest BCUT2D eigenvalue weighted by molar-refractivity contribution is -0.140. The highest BCUT2D eigenvalue weighted by Crippen LogP contribution is 2.08. The van der Waals surface area contributed by atoms with Crippen LogP contribution in [0.5, 0.6) is 5.75 Å². The van der Waals surface area contributed by atoms with Crippen LogP contribution in [0.15, 0.2) is 30.3 Å². The second-order valence-electron chi connectivity index (χ2n) is 3.59. The van der Waals surface area contributed by atoms with Crippen molar-refractivity contribution in [3.8, 4) is 5.75 Å². The van der Waals surface area contributed by atoms with Crippen molar-refractivity contribution < 1.29 is 19.1 Å². The number of rotatable bonds is 7. The normalized spacial score (nSPS) is 9.61. The zero-order valence-electron chi connectivity index (χ0n) is 10.3. The van der Waals surface area contributed by atoms with Crippen LogP contribution in [0.25, 0.3) is 0 Å². The fourth-order valence-corrected chi connectivity index (χ4v) is 1.27. The van der Waals surface area contributed by atoms with E-state index in [1.165, 1.54) is 7.11 Å². The second kappa shape index (κ2) is 8.11. The van der Waals surface area contributed by atoms with Gasteiger partial charge in [0.1, 0.15) is 5.75 Å². The predicted octanol–water partition coefficient (Wildman–Crippen LogP) is 1.13. The van der Waals surface area contributed by atoms with E-state index in [0.717, 1.165) is 5.75 Å². The van der Waals surface area contributed by atoms with E-state index >= 15 is 0 Å². The molecule has 0 saturated heterocycles. The summed E-state index contributed by atoms with van der Waals surface area (Å²) < 4.78 is 9.83. The average molecular weight is 251 g/mol. The van der Waals surface area contributed by atoms with Crippen LogP contribution in [-0.2, 0) is 14.3 Å². The summed E-state index contributed by atoms with van der Waals surface area (Å²) in [5.74, 6) is 0.255. The van der Waals surface area contributed by atoms with Crippen molar-refractivity contribution in [1.82, 2.24) is 5.32 Å². The van der Waals surface area contributed by atoms with Crippen molar-refractivity contribution in [2.75, 3.05) is 20.3 Å². The van der Waals surface area contributed by atoms with Gasteiger partial charge >= 0.3 is 5.97 Å². The third kappa shape index (κ3) is 5.89. The number of carbonyl (C=O) groups excluding carboxylic acids is 2. The molecule has 0 heterocycles. The molecular formula is C13H17NO4. The first-order valence-corrected chi connectivity index (χ1v) is 5.73. The molecule has 0 aromatic heterocycles. The third-order valence-electron chi connectivity index (χ3n) is 2.22. The summed E-state index contributed by atoms with van der Waals surface area (Å²) in [6, 6.07) is 9.29. The Morgan fingerprint density at radius 1 is 1.17 bits per heavy atom. The largest absolute Gasteiger partial charge is 0.493 e. The monoisotopic (exact) mass is 251 g/mol. The third-order valence-corrected chi connectivity index (χ3v) is 2.22. The van der Waals surface area contributed by atoms with Gasteiger partial charge in [0.25, 0.3) is 0 Å². The summed E-state index contributed by atoms with van der Waals surface area (Å²) in [5.41, 5.74) is 0. The maximum atomic E-state index is 11.4. The molecule has 1 aromatic rings. The summed E-state index contributed by atoms with van der Waals surface area (Å²) in [6.45, 7) is 0.602. The van der Waals surface area contributed by atoms with E-state index in [9.17, 15) is 9.59 Å².